The summed E-state index contributed by atoms with van der Waals surface area (Å²) in [7, 11) is 4.17. The van der Waals surface area contributed by atoms with Crippen LogP contribution in [0, 0.1) is 11.6 Å². The Balaban J connectivity index is 0.000000454. The summed E-state index contributed by atoms with van der Waals surface area (Å²) in [4.78, 5) is 6.71. The number of fused-ring (bicyclic) bond motifs is 1. The molecule has 0 bridgehead atoms. The van der Waals surface area contributed by atoms with Crippen LogP contribution in [0.5, 0.6) is 0 Å². The fourth-order valence-electron chi connectivity index (χ4n) is 3.83. The fraction of sp³-hybridized carbons (Fsp3) is 0.250. The third-order valence-electron chi connectivity index (χ3n) is 5.26. The van der Waals surface area contributed by atoms with Crippen LogP contribution in [0.25, 0.3) is 10.9 Å². The monoisotopic (exact) mass is 466 g/mol. The topological polar surface area (TPSA) is 16.1 Å². The third kappa shape index (κ3) is 7.08. The molecule has 0 aliphatic carbocycles. The average Bonchev–Trinajstić information content (AvgIpc) is 2.76. The van der Waals surface area contributed by atoms with Crippen molar-refractivity contribution < 1.29 is 8.78 Å². The zero-order valence-corrected chi connectivity index (χ0v) is 20.0. The summed E-state index contributed by atoms with van der Waals surface area (Å²) in [5.74, 6) is -1.17. The molecule has 0 atom stereocenters. The molecular formula is C28H29ClF2N2. The number of nitrogens with zero attached hydrogens (tertiary/aromatic N) is 2. The highest BCUT2D eigenvalue weighted by Crippen LogP contribution is 2.31. The molecule has 0 fully saturated rings. The minimum absolute atomic E-state index is 0.375. The Morgan fingerprint density at radius 1 is 0.788 bits per heavy atom. The van der Waals surface area contributed by atoms with Gasteiger partial charge in [0.05, 0.1) is 5.52 Å². The molecule has 0 N–H and O–H groups in total. The maximum Gasteiger partial charge on any atom is 0.133 e. The fourth-order valence-corrected chi connectivity index (χ4v) is 4.10. The van der Waals surface area contributed by atoms with Crippen molar-refractivity contribution in [1.82, 2.24) is 9.88 Å². The van der Waals surface area contributed by atoms with Crippen molar-refractivity contribution in [1.29, 1.82) is 0 Å². The summed E-state index contributed by atoms with van der Waals surface area (Å²) >= 11 is 6.53. The molecule has 0 unspecified atom stereocenters. The Morgan fingerprint density at radius 2 is 1.39 bits per heavy atom. The van der Waals surface area contributed by atoms with Crippen LogP contribution in [0.2, 0.25) is 5.15 Å². The van der Waals surface area contributed by atoms with E-state index in [1.807, 2.05) is 54.6 Å². The molecule has 0 saturated heterocycles. The second-order valence-electron chi connectivity index (χ2n) is 8.30. The minimum atomic E-state index is -0.584. The molecule has 4 rings (SSSR count). The Kier molecular flexibility index (Phi) is 8.93. The van der Waals surface area contributed by atoms with E-state index >= 15 is 0 Å². The van der Waals surface area contributed by atoms with E-state index in [1.54, 1.807) is 0 Å². The van der Waals surface area contributed by atoms with Crippen molar-refractivity contribution in [3.8, 4) is 0 Å². The zero-order chi connectivity index (χ0) is 23.8. The summed E-state index contributed by atoms with van der Waals surface area (Å²) in [6, 6.07) is 21.2. The Bertz CT molecular complexity index is 1170. The van der Waals surface area contributed by atoms with Crippen molar-refractivity contribution in [2.75, 3.05) is 20.6 Å². The number of benzene rings is 3. The van der Waals surface area contributed by atoms with Crippen LogP contribution in [0.15, 0.2) is 72.8 Å². The first kappa shape index (κ1) is 24.8. The van der Waals surface area contributed by atoms with Crippen molar-refractivity contribution >= 4 is 22.5 Å². The molecular weight excluding hydrogens is 438 g/mol. The van der Waals surface area contributed by atoms with Gasteiger partial charge in [-0.15, -0.1) is 0 Å². The first-order valence-corrected chi connectivity index (χ1v) is 11.4. The van der Waals surface area contributed by atoms with Crippen LogP contribution < -0.4 is 0 Å². The van der Waals surface area contributed by atoms with Crippen LogP contribution in [0.1, 0.15) is 35.6 Å². The molecule has 2 nitrogen and oxygen atoms in total. The van der Waals surface area contributed by atoms with Gasteiger partial charge in [0.1, 0.15) is 16.8 Å². The van der Waals surface area contributed by atoms with Gasteiger partial charge in [-0.2, -0.15) is 0 Å². The van der Waals surface area contributed by atoms with E-state index in [1.165, 1.54) is 25.1 Å². The SMILES string of the molecule is CCCN(C)C.Fc1cc(F)cc(Cc2c(Cc3ccccc3)c(Cl)nc3ccccc23)c1. The van der Waals surface area contributed by atoms with E-state index in [4.69, 9.17) is 11.6 Å². The van der Waals surface area contributed by atoms with Crippen LogP contribution >= 0.6 is 11.6 Å². The molecule has 3 aromatic carbocycles. The predicted octanol–water partition coefficient (Wildman–Crippen LogP) is 7.31. The highest BCUT2D eigenvalue weighted by atomic mass is 35.5. The van der Waals surface area contributed by atoms with Crippen molar-refractivity contribution in [3.05, 3.63) is 112 Å². The maximum atomic E-state index is 13.7. The number of para-hydroxylation sites is 1. The van der Waals surface area contributed by atoms with Crippen LogP contribution in [0.3, 0.4) is 0 Å². The van der Waals surface area contributed by atoms with Gasteiger partial charge in [0.2, 0.25) is 0 Å². The summed E-state index contributed by atoms with van der Waals surface area (Å²) in [6.07, 6.45) is 2.23. The van der Waals surface area contributed by atoms with Gasteiger partial charge in [0, 0.05) is 17.9 Å². The summed E-state index contributed by atoms with van der Waals surface area (Å²) < 4.78 is 27.4. The quantitative estimate of drug-likeness (QED) is 0.277. The second-order valence-corrected chi connectivity index (χ2v) is 8.66. The third-order valence-corrected chi connectivity index (χ3v) is 5.57. The zero-order valence-electron chi connectivity index (χ0n) is 19.3. The van der Waals surface area contributed by atoms with Gasteiger partial charge in [0.15, 0.2) is 0 Å². The molecule has 4 aromatic rings. The Hall–Kier alpha value is -2.82. The van der Waals surface area contributed by atoms with E-state index in [-0.39, 0.29) is 0 Å². The van der Waals surface area contributed by atoms with Gasteiger partial charge in [-0.3, -0.25) is 0 Å². The smallest absolute Gasteiger partial charge is 0.133 e. The largest absolute Gasteiger partial charge is 0.309 e. The number of pyridine rings is 1. The second kappa shape index (κ2) is 11.9. The molecule has 172 valence electrons. The van der Waals surface area contributed by atoms with E-state index in [9.17, 15) is 8.78 Å². The highest BCUT2D eigenvalue weighted by molar-refractivity contribution is 6.30. The average molecular weight is 467 g/mol. The lowest BCUT2D eigenvalue weighted by molar-refractivity contribution is 0.408. The molecule has 0 aliphatic rings. The van der Waals surface area contributed by atoms with Gasteiger partial charge in [0.25, 0.3) is 0 Å². The predicted molar refractivity (Wildman–Crippen MR) is 134 cm³/mol. The molecule has 1 heterocycles. The van der Waals surface area contributed by atoms with E-state index in [0.29, 0.717) is 23.6 Å². The molecule has 0 amide bonds. The number of halogens is 3. The molecule has 0 radical (unpaired) electrons. The van der Waals surface area contributed by atoms with Gasteiger partial charge in [-0.1, -0.05) is 67.1 Å². The minimum Gasteiger partial charge on any atom is -0.309 e. The van der Waals surface area contributed by atoms with Gasteiger partial charge in [-0.05, 0) is 73.9 Å². The van der Waals surface area contributed by atoms with Crippen LogP contribution in [-0.4, -0.2) is 30.5 Å². The molecule has 5 heteroatoms. The lowest BCUT2D eigenvalue weighted by Crippen LogP contribution is -2.11. The number of hydrogen-bond acceptors (Lipinski definition) is 2. The standard InChI is InChI=1S/C23H16ClF2N.C5H13N/c24-23-21(12-15-6-2-1-3-7-15)20(19-8-4-5-9-22(19)27-23)13-16-10-17(25)14-18(26)11-16;1-4-5-6(2)3/h1-11,14H,12-13H2;4-5H2,1-3H3. The lowest BCUT2D eigenvalue weighted by Gasteiger charge is -2.15. The van der Waals surface area contributed by atoms with Crippen molar-refractivity contribution in [3.63, 3.8) is 0 Å². The van der Waals surface area contributed by atoms with E-state index in [0.717, 1.165) is 33.7 Å². The molecule has 0 saturated carbocycles. The lowest BCUT2D eigenvalue weighted by atomic mass is 9.93. The molecule has 33 heavy (non-hydrogen) atoms. The first-order valence-electron chi connectivity index (χ1n) is 11.1. The summed E-state index contributed by atoms with van der Waals surface area (Å²) in [5.41, 5.74) is 4.26. The maximum absolute atomic E-state index is 13.7. The number of aromatic nitrogens is 1. The van der Waals surface area contributed by atoms with Crippen LogP contribution in [-0.2, 0) is 12.8 Å². The van der Waals surface area contributed by atoms with Gasteiger partial charge in [-0.25, -0.2) is 13.8 Å². The van der Waals surface area contributed by atoms with E-state index in [2.05, 4.69) is 30.9 Å². The number of hydrogen-bond donors (Lipinski definition) is 0. The van der Waals surface area contributed by atoms with Gasteiger partial charge >= 0.3 is 0 Å². The summed E-state index contributed by atoms with van der Waals surface area (Å²) in [6.45, 7) is 3.39. The molecule has 1 aromatic heterocycles. The van der Waals surface area contributed by atoms with Crippen molar-refractivity contribution in [2.45, 2.75) is 26.2 Å². The van der Waals surface area contributed by atoms with Crippen LogP contribution in [0.4, 0.5) is 8.78 Å². The number of rotatable bonds is 6. The van der Waals surface area contributed by atoms with Gasteiger partial charge < -0.3 is 4.90 Å². The van der Waals surface area contributed by atoms with E-state index < -0.39 is 11.6 Å². The summed E-state index contributed by atoms with van der Waals surface area (Å²) in [5, 5.41) is 1.36. The first-order chi connectivity index (χ1) is 15.9. The molecule has 0 spiro atoms. The Morgan fingerprint density at radius 3 is 2.00 bits per heavy atom. The molecule has 0 aliphatic heterocycles. The highest BCUT2D eigenvalue weighted by Gasteiger charge is 2.15. The Labute approximate surface area is 199 Å². The normalized spacial score (nSPS) is 10.9. The van der Waals surface area contributed by atoms with Crippen molar-refractivity contribution in [2.24, 2.45) is 0 Å².